The van der Waals surface area contributed by atoms with E-state index in [4.69, 9.17) is 11.6 Å². The second-order valence-corrected chi connectivity index (χ2v) is 6.93. The molecule has 1 N–H and O–H groups in total. The number of rotatable bonds is 4. The van der Waals surface area contributed by atoms with Crippen LogP contribution in [0.5, 0.6) is 0 Å². The first-order chi connectivity index (χ1) is 11.2. The lowest BCUT2D eigenvalue weighted by Crippen LogP contribution is -2.45. The van der Waals surface area contributed by atoms with E-state index in [1.54, 1.807) is 24.1 Å². The number of hydrogen-bond acceptors (Lipinski definition) is 4. The van der Waals surface area contributed by atoms with Crippen LogP contribution in [0.2, 0.25) is 5.02 Å². The van der Waals surface area contributed by atoms with E-state index in [0.717, 1.165) is 0 Å². The van der Waals surface area contributed by atoms with Gasteiger partial charge in [0, 0.05) is 12.6 Å². The molecule has 1 aromatic carbocycles. The first-order valence-electron chi connectivity index (χ1n) is 7.54. The van der Waals surface area contributed by atoms with Gasteiger partial charge in [0.15, 0.2) is 0 Å². The number of anilines is 1. The Hall–Kier alpha value is -2.34. The van der Waals surface area contributed by atoms with E-state index in [9.17, 15) is 9.59 Å². The molecule has 6 nitrogen and oxygen atoms in total. The van der Waals surface area contributed by atoms with Gasteiger partial charge in [-0.05, 0) is 32.9 Å². The summed E-state index contributed by atoms with van der Waals surface area (Å²) < 4.78 is 1.23. The lowest BCUT2D eigenvalue weighted by molar-refractivity contribution is -0.121. The molecule has 0 aliphatic heterocycles. The van der Waals surface area contributed by atoms with E-state index < -0.39 is 5.56 Å². The maximum atomic E-state index is 12.5. The molecule has 1 amide bonds. The van der Waals surface area contributed by atoms with Crippen LogP contribution in [-0.2, 0) is 4.79 Å². The molecular formula is C17H21ClN4O2. The summed E-state index contributed by atoms with van der Waals surface area (Å²) in [5.41, 5.74) is 0.293. The van der Waals surface area contributed by atoms with Gasteiger partial charge in [-0.3, -0.25) is 9.59 Å². The number of amides is 1. The van der Waals surface area contributed by atoms with Crippen LogP contribution in [0.15, 0.2) is 41.3 Å². The molecular weight excluding hydrogens is 328 g/mol. The fourth-order valence-corrected chi connectivity index (χ4v) is 2.47. The standard InChI is InChI=1S/C17H21ClN4O2/c1-17(2,3)20-14(23)11-21(4)13-10-19-22(16(24)15(13)18)12-8-6-5-7-9-12/h5-10H,11H2,1-4H3,(H,20,23). The SMILES string of the molecule is CN(CC(=O)NC(C)(C)C)c1cnn(-c2ccccc2)c(=O)c1Cl. The van der Waals surface area contributed by atoms with Gasteiger partial charge >= 0.3 is 0 Å². The molecule has 128 valence electrons. The summed E-state index contributed by atoms with van der Waals surface area (Å²) in [6, 6.07) is 9.02. The molecule has 0 atom stereocenters. The average Bonchev–Trinajstić information content (AvgIpc) is 2.48. The lowest BCUT2D eigenvalue weighted by atomic mass is 10.1. The van der Waals surface area contributed by atoms with Gasteiger partial charge in [-0.15, -0.1) is 0 Å². The van der Waals surface area contributed by atoms with Gasteiger partial charge in [0.1, 0.15) is 5.02 Å². The molecule has 0 saturated heterocycles. The molecule has 2 rings (SSSR count). The van der Waals surface area contributed by atoms with Gasteiger partial charge in [0.2, 0.25) is 5.91 Å². The zero-order chi connectivity index (χ0) is 17.9. The quantitative estimate of drug-likeness (QED) is 0.920. The van der Waals surface area contributed by atoms with Crippen LogP contribution >= 0.6 is 11.6 Å². The topological polar surface area (TPSA) is 67.2 Å². The van der Waals surface area contributed by atoms with Crippen molar-refractivity contribution in [1.82, 2.24) is 15.1 Å². The number of aromatic nitrogens is 2. The molecule has 0 radical (unpaired) electrons. The monoisotopic (exact) mass is 348 g/mol. The van der Waals surface area contributed by atoms with Crippen molar-refractivity contribution in [2.45, 2.75) is 26.3 Å². The second kappa shape index (κ2) is 7.05. The molecule has 1 aromatic heterocycles. The Kier molecular flexibility index (Phi) is 5.29. The molecule has 0 fully saturated rings. The van der Waals surface area contributed by atoms with Crippen LogP contribution < -0.4 is 15.8 Å². The van der Waals surface area contributed by atoms with Crippen LogP contribution in [0.1, 0.15) is 20.8 Å². The number of carbonyl (C=O) groups is 1. The maximum Gasteiger partial charge on any atom is 0.292 e. The molecule has 0 unspecified atom stereocenters. The van der Waals surface area contributed by atoms with E-state index in [0.29, 0.717) is 11.4 Å². The van der Waals surface area contributed by atoms with Crippen molar-refractivity contribution in [2.75, 3.05) is 18.5 Å². The van der Waals surface area contributed by atoms with E-state index in [1.807, 2.05) is 39.0 Å². The molecule has 0 bridgehead atoms. The first-order valence-corrected chi connectivity index (χ1v) is 7.92. The van der Waals surface area contributed by atoms with E-state index in [1.165, 1.54) is 10.9 Å². The van der Waals surface area contributed by atoms with Crippen LogP contribution in [0.25, 0.3) is 5.69 Å². The highest BCUT2D eigenvalue weighted by Crippen LogP contribution is 2.20. The fourth-order valence-electron chi connectivity index (χ4n) is 2.20. The number of nitrogens with zero attached hydrogens (tertiary/aromatic N) is 3. The second-order valence-electron chi connectivity index (χ2n) is 6.55. The Morgan fingerprint density at radius 2 is 1.92 bits per heavy atom. The number of nitrogens with one attached hydrogen (secondary N) is 1. The van der Waals surface area contributed by atoms with Gasteiger partial charge in [-0.2, -0.15) is 9.78 Å². The highest BCUT2D eigenvalue weighted by atomic mass is 35.5. The molecule has 0 spiro atoms. The third-order valence-corrected chi connectivity index (χ3v) is 3.56. The number of para-hydroxylation sites is 1. The van der Waals surface area contributed by atoms with Crippen molar-refractivity contribution < 1.29 is 4.79 Å². The van der Waals surface area contributed by atoms with E-state index in [-0.39, 0.29) is 23.0 Å². The van der Waals surface area contributed by atoms with Crippen LogP contribution in [0, 0.1) is 0 Å². The smallest absolute Gasteiger partial charge is 0.292 e. The highest BCUT2D eigenvalue weighted by Gasteiger charge is 2.18. The third kappa shape index (κ3) is 4.35. The van der Waals surface area contributed by atoms with Crippen molar-refractivity contribution in [1.29, 1.82) is 0 Å². The van der Waals surface area contributed by atoms with Crippen LogP contribution in [0.3, 0.4) is 0 Å². The average molecular weight is 349 g/mol. The van der Waals surface area contributed by atoms with Gasteiger partial charge in [0.25, 0.3) is 5.56 Å². The Bertz CT molecular complexity index is 781. The summed E-state index contributed by atoms with van der Waals surface area (Å²) in [5, 5.41) is 7.05. The van der Waals surface area contributed by atoms with E-state index >= 15 is 0 Å². The number of carbonyl (C=O) groups excluding carboxylic acids is 1. The molecule has 7 heteroatoms. The van der Waals surface area contributed by atoms with Crippen molar-refractivity contribution in [3.05, 3.63) is 51.9 Å². The van der Waals surface area contributed by atoms with Crippen LogP contribution in [0.4, 0.5) is 5.69 Å². The molecule has 1 heterocycles. The molecule has 2 aromatic rings. The van der Waals surface area contributed by atoms with Crippen molar-refractivity contribution >= 4 is 23.2 Å². The van der Waals surface area contributed by atoms with Gasteiger partial charge in [-0.25, -0.2) is 0 Å². The highest BCUT2D eigenvalue weighted by molar-refractivity contribution is 6.33. The zero-order valence-electron chi connectivity index (χ0n) is 14.2. The maximum absolute atomic E-state index is 12.5. The summed E-state index contributed by atoms with van der Waals surface area (Å²) in [6.45, 7) is 5.79. The van der Waals surface area contributed by atoms with Crippen molar-refractivity contribution in [3.8, 4) is 5.69 Å². The van der Waals surface area contributed by atoms with Crippen molar-refractivity contribution in [3.63, 3.8) is 0 Å². The van der Waals surface area contributed by atoms with Gasteiger partial charge in [-0.1, -0.05) is 29.8 Å². The number of likely N-dealkylation sites (N-methyl/N-ethyl adjacent to an activating group) is 1. The molecule has 0 aliphatic rings. The molecule has 0 saturated carbocycles. The Balaban J connectivity index is 2.25. The largest absolute Gasteiger partial charge is 0.363 e. The Morgan fingerprint density at radius 3 is 2.50 bits per heavy atom. The summed E-state index contributed by atoms with van der Waals surface area (Å²) in [4.78, 5) is 26.1. The zero-order valence-corrected chi connectivity index (χ0v) is 15.0. The minimum Gasteiger partial charge on any atom is -0.363 e. The predicted molar refractivity (Wildman–Crippen MR) is 96.0 cm³/mol. The molecule has 0 aliphatic carbocycles. The van der Waals surface area contributed by atoms with E-state index in [2.05, 4.69) is 10.4 Å². The predicted octanol–water partition coefficient (Wildman–Crippen LogP) is 2.24. The van der Waals surface area contributed by atoms with Crippen molar-refractivity contribution in [2.24, 2.45) is 0 Å². The van der Waals surface area contributed by atoms with Gasteiger partial charge < -0.3 is 10.2 Å². The Morgan fingerprint density at radius 1 is 1.29 bits per heavy atom. The fraction of sp³-hybridized carbons (Fsp3) is 0.353. The van der Waals surface area contributed by atoms with Crippen LogP contribution in [-0.4, -0.2) is 34.8 Å². The molecule has 24 heavy (non-hydrogen) atoms. The third-order valence-electron chi connectivity index (χ3n) is 3.21. The first kappa shape index (κ1) is 18.0. The lowest BCUT2D eigenvalue weighted by Gasteiger charge is -2.24. The number of hydrogen-bond donors (Lipinski definition) is 1. The normalized spacial score (nSPS) is 11.2. The number of halogens is 1. The minimum absolute atomic E-state index is 0.0277. The minimum atomic E-state index is -0.427. The van der Waals surface area contributed by atoms with Gasteiger partial charge in [0.05, 0.1) is 24.1 Å². The Labute approximate surface area is 146 Å². The summed E-state index contributed by atoms with van der Waals surface area (Å²) in [7, 11) is 1.69. The number of benzene rings is 1. The summed E-state index contributed by atoms with van der Waals surface area (Å²) in [6.07, 6.45) is 1.49. The summed E-state index contributed by atoms with van der Waals surface area (Å²) >= 11 is 6.21. The summed E-state index contributed by atoms with van der Waals surface area (Å²) in [5.74, 6) is -0.159.